The number of aromatic hydroxyl groups is 1. The number of pyridine rings is 1. The summed E-state index contributed by atoms with van der Waals surface area (Å²) in [5.74, 6) is 0.229. The maximum absolute atomic E-state index is 9.83. The monoisotopic (exact) mass is 454 g/mol. The number of phenols is 1. The van der Waals surface area contributed by atoms with E-state index < -0.39 is 0 Å². The fraction of sp³-hybridized carbons (Fsp3) is 0.185. The molecule has 0 saturated carbocycles. The van der Waals surface area contributed by atoms with Crippen LogP contribution in [0.4, 0.5) is 5.69 Å². The fourth-order valence-electron chi connectivity index (χ4n) is 4.81. The van der Waals surface area contributed by atoms with Crippen LogP contribution in [0.15, 0.2) is 79.0 Å². The van der Waals surface area contributed by atoms with Crippen molar-refractivity contribution in [1.29, 1.82) is 0 Å². The van der Waals surface area contributed by atoms with Crippen molar-refractivity contribution >= 4 is 23.0 Å². The van der Waals surface area contributed by atoms with Crippen molar-refractivity contribution in [3.8, 4) is 11.4 Å². The highest BCUT2D eigenvalue weighted by Crippen LogP contribution is 2.43. The first-order valence-corrected chi connectivity index (χ1v) is 11.4. The molecule has 2 atom stereocenters. The molecule has 5 rings (SSSR count). The number of rotatable bonds is 4. The van der Waals surface area contributed by atoms with Crippen molar-refractivity contribution < 1.29 is 5.11 Å². The van der Waals surface area contributed by atoms with Gasteiger partial charge in [0, 0.05) is 29.0 Å². The van der Waals surface area contributed by atoms with Crippen LogP contribution >= 0.6 is 12.2 Å². The Labute approximate surface area is 199 Å². The number of hydrogen-bond acceptors (Lipinski definition) is 3. The van der Waals surface area contributed by atoms with Crippen molar-refractivity contribution in [1.82, 2.24) is 14.9 Å². The van der Waals surface area contributed by atoms with Gasteiger partial charge in [0.1, 0.15) is 5.75 Å². The number of nitrogens with zero attached hydrogens (tertiary/aromatic N) is 3. The molecule has 0 bridgehead atoms. The molecule has 6 heteroatoms. The summed E-state index contributed by atoms with van der Waals surface area (Å²) in [4.78, 5) is 6.78. The largest absolute Gasteiger partial charge is 0.508 e. The summed E-state index contributed by atoms with van der Waals surface area (Å²) in [5, 5.41) is 14.0. The first-order chi connectivity index (χ1) is 15.9. The summed E-state index contributed by atoms with van der Waals surface area (Å²) in [6.07, 6.45) is 1.82. The fourth-order valence-corrected chi connectivity index (χ4v) is 5.16. The molecule has 2 aromatic carbocycles. The molecule has 2 aromatic heterocycles. The van der Waals surface area contributed by atoms with E-state index >= 15 is 0 Å². The number of aromatic nitrogens is 2. The van der Waals surface area contributed by atoms with E-state index in [0.717, 1.165) is 22.8 Å². The average Bonchev–Trinajstić information content (AvgIpc) is 3.30. The molecular weight excluding hydrogens is 428 g/mol. The van der Waals surface area contributed by atoms with Crippen LogP contribution in [0.1, 0.15) is 40.3 Å². The van der Waals surface area contributed by atoms with Gasteiger partial charge in [0.25, 0.3) is 0 Å². The second-order valence-corrected chi connectivity index (χ2v) is 8.90. The number of thiocarbonyl (C=S) groups is 1. The Balaban J connectivity index is 1.68. The molecule has 5 nitrogen and oxygen atoms in total. The van der Waals surface area contributed by atoms with Crippen LogP contribution in [0.25, 0.3) is 5.69 Å². The highest BCUT2D eigenvalue weighted by atomic mass is 32.1. The lowest BCUT2D eigenvalue weighted by atomic mass is 9.96. The van der Waals surface area contributed by atoms with Crippen LogP contribution in [0.3, 0.4) is 0 Å². The summed E-state index contributed by atoms with van der Waals surface area (Å²) in [6.45, 7) is 6.41. The molecule has 33 heavy (non-hydrogen) atoms. The molecule has 1 aliphatic heterocycles. The lowest BCUT2D eigenvalue weighted by Crippen LogP contribution is -2.29. The van der Waals surface area contributed by atoms with Gasteiger partial charge in [0.2, 0.25) is 0 Å². The zero-order chi connectivity index (χ0) is 23.1. The van der Waals surface area contributed by atoms with Gasteiger partial charge in [-0.2, -0.15) is 0 Å². The second kappa shape index (κ2) is 8.37. The van der Waals surface area contributed by atoms with Crippen LogP contribution in [0, 0.1) is 20.8 Å². The highest BCUT2D eigenvalue weighted by molar-refractivity contribution is 7.80. The molecule has 3 heterocycles. The summed E-state index contributed by atoms with van der Waals surface area (Å²) < 4.78 is 2.30. The molecule has 1 saturated heterocycles. The highest BCUT2D eigenvalue weighted by Gasteiger charge is 2.42. The van der Waals surface area contributed by atoms with Crippen LogP contribution in [0.5, 0.6) is 5.75 Å². The molecule has 0 amide bonds. The average molecular weight is 455 g/mol. The molecule has 4 aromatic rings. The number of benzene rings is 2. The van der Waals surface area contributed by atoms with E-state index in [0.29, 0.717) is 5.11 Å². The first-order valence-electron chi connectivity index (χ1n) is 11.0. The van der Waals surface area contributed by atoms with Crippen molar-refractivity contribution in [3.63, 3.8) is 0 Å². The first kappa shape index (κ1) is 21.2. The lowest BCUT2D eigenvalue weighted by Gasteiger charge is -2.28. The molecule has 2 N–H and O–H groups in total. The normalized spacial score (nSPS) is 17.9. The number of hydrogen-bond donors (Lipinski definition) is 2. The van der Waals surface area contributed by atoms with Gasteiger partial charge in [0.15, 0.2) is 5.11 Å². The maximum atomic E-state index is 9.83. The minimum atomic E-state index is -0.112. The molecule has 0 radical (unpaired) electrons. The Hall–Kier alpha value is -3.64. The van der Waals surface area contributed by atoms with Gasteiger partial charge in [-0.1, -0.05) is 18.2 Å². The zero-order valence-corrected chi connectivity index (χ0v) is 19.7. The van der Waals surface area contributed by atoms with Gasteiger partial charge in [0.05, 0.1) is 17.8 Å². The van der Waals surface area contributed by atoms with Crippen molar-refractivity contribution in [2.45, 2.75) is 32.9 Å². The summed E-state index contributed by atoms with van der Waals surface area (Å²) in [6, 6.07) is 23.7. The Morgan fingerprint density at radius 1 is 0.909 bits per heavy atom. The predicted octanol–water partition coefficient (Wildman–Crippen LogP) is 5.68. The van der Waals surface area contributed by atoms with Crippen LogP contribution in [-0.2, 0) is 0 Å². The maximum Gasteiger partial charge on any atom is 0.174 e. The zero-order valence-electron chi connectivity index (χ0n) is 18.9. The summed E-state index contributed by atoms with van der Waals surface area (Å²) in [5.41, 5.74) is 7.75. The molecule has 0 spiro atoms. The third-order valence-electron chi connectivity index (χ3n) is 6.27. The lowest BCUT2D eigenvalue weighted by molar-refractivity contribution is 0.475. The number of anilines is 1. The van der Waals surface area contributed by atoms with E-state index in [2.05, 4.69) is 70.9 Å². The Morgan fingerprint density at radius 2 is 1.70 bits per heavy atom. The standard InChI is InChI=1S/C27H26N4OS/c1-17-7-6-8-21(15-17)30-18(2)16-23(19(30)3)26-25(24-9-4-5-14-28-24)29-27(33)31(26)20-10-12-22(32)13-11-20/h4-16,25-26,32H,1-3H3,(H,29,33)/t25-,26+/m1/s1. The Kier molecular flexibility index (Phi) is 5.38. The van der Waals surface area contributed by atoms with Crippen LogP contribution in [-0.4, -0.2) is 19.8 Å². The Morgan fingerprint density at radius 3 is 2.39 bits per heavy atom. The van der Waals surface area contributed by atoms with Gasteiger partial charge in [-0.05, 0) is 98.7 Å². The molecule has 1 aliphatic rings. The van der Waals surface area contributed by atoms with E-state index in [-0.39, 0.29) is 17.8 Å². The summed E-state index contributed by atoms with van der Waals surface area (Å²) in [7, 11) is 0. The van der Waals surface area contributed by atoms with Crippen LogP contribution < -0.4 is 10.2 Å². The molecular formula is C27H26N4OS. The van der Waals surface area contributed by atoms with E-state index in [1.54, 1.807) is 12.1 Å². The van der Waals surface area contributed by atoms with Crippen molar-refractivity contribution in [2.75, 3.05) is 4.90 Å². The smallest absolute Gasteiger partial charge is 0.174 e. The number of aryl methyl sites for hydroxylation is 2. The topological polar surface area (TPSA) is 53.3 Å². The molecule has 166 valence electrons. The molecule has 0 unspecified atom stereocenters. The third-order valence-corrected chi connectivity index (χ3v) is 6.59. The van der Waals surface area contributed by atoms with E-state index in [4.69, 9.17) is 12.2 Å². The van der Waals surface area contributed by atoms with Gasteiger partial charge in [-0.3, -0.25) is 4.98 Å². The van der Waals surface area contributed by atoms with E-state index in [1.807, 2.05) is 36.5 Å². The van der Waals surface area contributed by atoms with Gasteiger partial charge >= 0.3 is 0 Å². The predicted molar refractivity (Wildman–Crippen MR) is 136 cm³/mol. The van der Waals surface area contributed by atoms with E-state index in [9.17, 15) is 5.11 Å². The second-order valence-electron chi connectivity index (χ2n) is 8.51. The minimum Gasteiger partial charge on any atom is -0.508 e. The van der Waals surface area contributed by atoms with Gasteiger partial charge in [-0.25, -0.2) is 0 Å². The Bertz CT molecular complexity index is 1310. The van der Waals surface area contributed by atoms with Gasteiger partial charge in [-0.15, -0.1) is 0 Å². The van der Waals surface area contributed by atoms with E-state index in [1.165, 1.54) is 16.8 Å². The number of phenolic OH excluding ortho intramolecular Hbond substituents is 1. The molecule has 1 fully saturated rings. The number of nitrogens with one attached hydrogen (secondary N) is 1. The SMILES string of the molecule is Cc1cccc(-n2c(C)cc([C@H]3[C@@H](c4ccccn4)NC(=S)N3c3ccc(O)cc3)c2C)c1. The molecule has 0 aliphatic carbocycles. The van der Waals surface area contributed by atoms with Gasteiger partial charge < -0.3 is 19.9 Å². The van der Waals surface area contributed by atoms with Crippen molar-refractivity contribution in [3.05, 3.63) is 107 Å². The summed E-state index contributed by atoms with van der Waals surface area (Å²) >= 11 is 5.82. The quantitative estimate of drug-likeness (QED) is 0.389. The van der Waals surface area contributed by atoms with Crippen molar-refractivity contribution in [2.24, 2.45) is 0 Å². The third kappa shape index (κ3) is 3.76. The minimum absolute atomic E-state index is 0.0956. The van der Waals surface area contributed by atoms with Crippen LogP contribution in [0.2, 0.25) is 0 Å².